The first kappa shape index (κ1) is 18.5. The number of carbonyl (C=O) groups is 1. The number of fused-ring (bicyclic) bond motifs is 1. The molecule has 28 heavy (non-hydrogen) atoms. The molecule has 0 bridgehead atoms. The second-order valence-electron chi connectivity index (χ2n) is 7.53. The zero-order valence-corrected chi connectivity index (χ0v) is 16.6. The van der Waals surface area contributed by atoms with E-state index in [4.69, 9.17) is 9.51 Å². The fraction of sp³-hybridized carbons (Fsp3) is 0.450. The van der Waals surface area contributed by atoms with Crippen molar-refractivity contribution in [3.8, 4) is 0 Å². The Hall–Kier alpha value is -2.87. The van der Waals surface area contributed by atoms with Crippen molar-refractivity contribution in [2.24, 2.45) is 7.05 Å². The fourth-order valence-electron chi connectivity index (χ4n) is 3.78. The molecule has 0 saturated carbocycles. The first-order valence-electron chi connectivity index (χ1n) is 9.42. The van der Waals surface area contributed by atoms with Crippen molar-refractivity contribution < 1.29 is 14.4 Å². The summed E-state index contributed by atoms with van der Waals surface area (Å²) < 4.78 is 7.20. The molecule has 2 aromatic heterocycles. The first-order valence-corrected chi connectivity index (χ1v) is 9.42. The van der Waals surface area contributed by atoms with Crippen molar-refractivity contribution in [1.29, 1.82) is 0 Å². The summed E-state index contributed by atoms with van der Waals surface area (Å²) in [6.07, 6.45) is 0.439. The summed E-state index contributed by atoms with van der Waals surface area (Å²) in [5.41, 5.74) is 4.06. The van der Waals surface area contributed by atoms with E-state index in [1.54, 1.807) is 11.9 Å². The summed E-state index contributed by atoms with van der Waals surface area (Å²) in [7, 11) is 3.73. The first-order chi connectivity index (χ1) is 13.3. The van der Waals surface area contributed by atoms with Gasteiger partial charge in [0.1, 0.15) is 5.76 Å². The summed E-state index contributed by atoms with van der Waals surface area (Å²) in [6.45, 7) is 5.54. The highest BCUT2D eigenvalue weighted by Gasteiger charge is 2.25. The van der Waals surface area contributed by atoms with Crippen LogP contribution < -0.4 is 4.90 Å². The number of carbonyl (C=O) groups excluding carboxylic acids is 1. The Balaban J connectivity index is 1.59. The quantitative estimate of drug-likeness (QED) is 0.742. The Morgan fingerprint density at radius 2 is 2.18 bits per heavy atom. The molecular weight excluding hydrogens is 358 g/mol. The zero-order valence-electron chi connectivity index (χ0n) is 16.6. The number of aromatic nitrogens is 3. The number of hydrogen-bond donors (Lipinski definition) is 1. The van der Waals surface area contributed by atoms with Crippen LogP contribution in [-0.4, -0.2) is 56.9 Å². The number of anilines is 1. The number of β-amino-alcohol motifs (C(OH)–C–C–N with tert-alkyl or cyclic N) is 1. The van der Waals surface area contributed by atoms with Gasteiger partial charge < -0.3 is 24.0 Å². The number of nitrogens with zero attached hydrogens (tertiary/aromatic N) is 5. The fourth-order valence-corrected chi connectivity index (χ4v) is 3.78. The predicted octanol–water partition coefficient (Wildman–Crippen LogP) is 2.02. The number of aliphatic hydroxyl groups excluding tert-OH is 1. The van der Waals surface area contributed by atoms with Gasteiger partial charge in [0.05, 0.1) is 29.4 Å². The maximum atomic E-state index is 12.9. The molecule has 1 amide bonds. The van der Waals surface area contributed by atoms with Gasteiger partial charge >= 0.3 is 0 Å². The van der Waals surface area contributed by atoms with Crippen LogP contribution in [0, 0.1) is 13.8 Å². The van der Waals surface area contributed by atoms with Gasteiger partial charge in [-0.1, -0.05) is 5.16 Å². The maximum absolute atomic E-state index is 12.9. The maximum Gasteiger partial charge on any atom is 0.253 e. The van der Waals surface area contributed by atoms with Gasteiger partial charge in [-0.25, -0.2) is 4.98 Å². The number of imidazole rings is 1. The van der Waals surface area contributed by atoms with E-state index in [1.165, 1.54) is 0 Å². The van der Waals surface area contributed by atoms with Crippen LogP contribution >= 0.6 is 0 Å². The highest BCUT2D eigenvalue weighted by Crippen LogP contribution is 2.26. The van der Waals surface area contributed by atoms with Gasteiger partial charge in [-0.15, -0.1) is 0 Å². The summed E-state index contributed by atoms with van der Waals surface area (Å²) in [5, 5.41) is 13.8. The topological polar surface area (TPSA) is 87.6 Å². The predicted molar refractivity (Wildman–Crippen MR) is 105 cm³/mol. The minimum absolute atomic E-state index is 0.0781. The normalized spacial score (nSPS) is 16.9. The molecule has 0 spiro atoms. The lowest BCUT2D eigenvalue weighted by Crippen LogP contribution is -2.26. The number of benzene rings is 1. The van der Waals surface area contributed by atoms with E-state index in [2.05, 4.69) is 10.1 Å². The molecule has 0 radical (unpaired) electrons. The third kappa shape index (κ3) is 3.13. The van der Waals surface area contributed by atoms with Gasteiger partial charge in [0.25, 0.3) is 5.91 Å². The Kier molecular flexibility index (Phi) is 4.58. The molecule has 148 valence electrons. The molecule has 1 fully saturated rings. The molecule has 1 atom stereocenters. The molecule has 8 nitrogen and oxygen atoms in total. The van der Waals surface area contributed by atoms with E-state index in [0.29, 0.717) is 18.7 Å². The molecule has 1 aromatic carbocycles. The smallest absolute Gasteiger partial charge is 0.253 e. The molecule has 1 saturated heterocycles. The van der Waals surface area contributed by atoms with Gasteiger partial charge in [-0.2, -0.15) is 0 Å². The monoisotopic (exact) mass is 383 g/mol. The third-order valence-electron chi connectivity index (χ3n) is 5.47. The Morgan fingerprint density at radius 3 is 2.82 bits per heavy atom. The van der Waals surface area contributed by atoms with E-state index < -0.39 is 0 Å². The SMILES string of the molecule is Cc1noc(C)c1CN(C)C(=O)c1ccc2c(c1)nc(N1CCC(O)C1)n2C. The summed E-state index contributed by atoms with van der Waals surface area (Å²) in [5.74, 6) is 1.47. The second kappa shape index (κ2) is 6.94. The van der Waals surface area contributed by atoms with E-state index in [0.717, 1.165) is 47.0 Å². The molecule has 0 aliphatic carbocycles. The standard InChI is InChI=1S/C20H25N5O3/c1-12-16(13(2)28-22-12)11-23(3)19(27)14-5-6-18-17(9-14)21-20(24(18)4)25-8-7-15(26)10-25/h5-6,9,15,26H,7-8,10-11H2,1-4H3. The lowest BCUT2D eigenvalue weighted by molar-refractivity contribution is 0.0784. The number of amides is 1. The van der Waals surface area contributed by atoms with Crippen molar-refractivity contribution >= 4 is 22.9 Å². The van der Waals surface area contributed by atoms with Gasteiger partial charge in [0.15, 0.2) is 0 Å². The van der Waals surface area contributed by atoms with Crippen LogP contribution in [0.2, 0.25) is 0 Å². The molecule has 4 rings (SSSR count). The molecule has 1 aliphatic heterocycles. The van der Waals surface area contributed by atoms with E-state index in [1.807, 2.05) is 43.7 Å². The Morgan fingerprint density at radius 1 is 1.39 bits per heavy atom. The largest absolute Gasteiger partial charge is 0.391 e. The van der Waals surface area contributed by atoms with Gasteiger partial charge in [-0.3, -0.25) is 4.79 Å². The third-order valence-corrected chi connectivity index (χ3v) is 5.47. The van der Waals surface area contributed by atoms with Crippen LogP contribution in [0.3, 0.4) is 0 Å². The number of rotatable bonds is 4. The lowest BCUT2D eigenvalue weighted by atomic mass is 10.1. The van der Waals surface area contributed by atoms with Crippen molar-refractivity contribution in [2.45, 2.75) is 32.9 Å². The van der Waals surface area contributed by atoms with Gasteiger partial charge in [0, 0.05) is 38.3 Å². The average molecular weight is 383 g/mol. The Bertz CT molecular complexity index is 1020. The molecule has 1 N–H and O–H groups in total. The van der Waals surface area contributed by atoms with Crippen molar-refractivity contribution in [1.82, 2.24) is 19.6 Å². The van der Waals surface area contributed by atoms with Crippen LogP contribution in [0.15, 0.2) is 22.7 Å². The van der Waals surface area contributed by atoms with E-state index in [9.17, 15) is 9.90 Å². The van der Waals surface area contributed by atoms with Crippen LogP contribution in [-0.2, 0) is 13.6 Å². The Labute approximate surface area is 163 Å². The molecular formula is C20H25N5O3. The van der Waals surface area contributed by atoms with Crippen molar-refractivity contribution in [3.63, 3.8) is 0 Å². The van der Waals surface area contributed by atoms with Crippen LogP contribution in [0.4, 0.5) is 5.95 Å². The number of aliphatic hydroxyl groups is 1. The number of aryl methyl sites for hydroxylation is 3. The van der Waals surface area contributed by atoms with Crippen LogP contribution in [0.5, 0.6) is 0 Å². The molecule has 1 aliphatic rings. The molecule has 1 unspecified atom stereocenters. The summed E-state index contributed by atoms with van der Waals surface area (Å²) in [6, 6.07) is 5.59. The molecule has 8 heteroatoms. The lowest BCUT2D eigenvalue weighted by Gasteiger charge is -2.17. The molecule has 3 aromatic rings. The number of hydrogen-bond acceptors (Lipinski definition) is 6. The van der Waals surface area contributed by atoms with Crippen LogP contribution in [0.25, 0.3) is 11.0 Å². The van der Waals surface area contributed by atoms with Crippen molar-refractivity contribution in [3.05, 3.63) is 40.8 Å². The van der Waals surface area contributed by atoms with Crippen LogP contribution in [0.1, 0.15) is 33.8 Å². The highest BCUT2D eigenvalue weighted by molar-refractivity contribution is 5.97. The minimum Gasteiger partial charge on any atom is -0.391 e. The molecule has 3 heterocycles. The van der Waals surface area contributed by atoms with E-state index in [-0.39, 0.29) is 12.0 Å². The highest BCUT2D eigenvalue weighted by atomic mass is 16.5. The minimum atomic E-state index is -0.310. The summed E-state index contributed by atoms with van der Waals surface area (Å²) >= 11 is 0. The summed E-state index contributed by atoms with van der Waals surface area (Å²) in [4.78, 5) is 21.4. The van der Waals surface area contributed by atoms with Crippen molar-refractivity contribution in [2.75, 3.05) is 25.0 Å². The second-order valence-corrected chi connectivity index (χ2v) is 7.53. The van der Waals surface area contributed by atoms with Gasteiger partial charge in [0.2, 0.25) is 5.95 Å². The zero-order chi connectivity index (χ0) is 20.0. The average Bonchev–Trinajstić information content (AvgIpc) is 3.34. The van der Waals surface area contributed by atoms with E-state index >= 15 is 0 Å². The van der Waals surface area contributed by atoms with Gasteiger partial charge in [-0.05, 0) is 38.5 Å².